The highest BCUT2D eigenvalue weighted by Crippen LogP contribution is 2.28. The SMILES string of the molecule is COc1ccc(N2C(=O)CSC2=NC(C)C)cc1. The zero-order valence-electron chi connectivity index (χ0n) is 10.7. The molecule has 96 valence electrons. The summed E-state index contributed by atoms with van der Waals surface area (Å²) in [5.41, 5.74) is 0.838. The number of ether oxygens (including phenoxy) is 1. The number of carbonyl (C=O) groups is 1. The molecule has 1 saturated heterocycles. The quantitative estimate of drug-likeness (QED) is 0.842. The van der Waals surface area contributed by atoms with E-state index in [0.717, 1.165) is 16.6 Å². The number of aliphatic imine (C=N–C) groups is 1. The van der Waals surface area contributed by atoms with Crippen LogP contribution in [-0.2, 0) is 4.79 Å². The lowest BCUT2D eigenvalue weighted by molar-refractivity contribution is -0.115. The number of hydrogen-bond acceptors (Lipinski definition) is 4. The maximum atomic E-state index is 11.9. The van der Waals surface area contributed by atoms with Gasteiger partial charge in [-0.25, -0.2) is 0 Å². The molecule has 1 aliphatic rings. The van der Waals surface area contributed by atoms with E-state index in [4.69, 9.17) is 4.74 Å². The van der Waals surface area contributed by atoms with Gasteiger partial charge >= 0.3 is 0 Å². The van der Waals surface area contributed by atoms with E-state index in [9.17, 15) is 4.79 Å². The Labute approximate surface area is 111 Å². The molecule has 0 radical (unpaired) electrons. The summed E-state index contributed by atoms with van der Waals surface area (Å²) >= 11 is 1.49. The molecule has 1 amide bonds. The lowest BCUT2D eigenvalue weighted by atomic mass is 10.3. The molecule has 5 heteroatoms. The minimum atomic E-state index is 0.0737. The second-order valence-electron chi connectivity index (χ2n) is 4.22. The second-order valence-corrected chi connectivity index (χ2v) is 5.16. The van der Waals surface area contributed by atoms with Crippen molar-refractivity contribution in [3.05, 3.63) is 24.3 Å². The smallest absolute Gasteiger partial charge is 0.243 e. The van der Waals surface area contributed by atoms with E-state index >= 15 is 0 Å². The summed E-state index contributed by atoms with van der Waals surface area (Å²) in [6, 6.07) is 7.62. The molecule has 0 atom stereocenters. The van der Waals surface area contributed by atoms with Gasteiger partial charge in [-0.05, 0) is 38.1 Å². The number of carbonyl (C=O) groups excluding carboxylic acids is 1. The Kier molecular flexibility index (Phi) is 3.91. The number of anilines is 1. The lowest BCUT2D eigenvalue weighted by Crippen LogP contribution is -2.29. The largest absolute Gasteiger partial charge is 0.497 e. The monoisotopic (exact) mass is 264 g/mol. The van der Waals surface area contributed by atoms with E-state index in [1.54, 1.807) is 12.0 Å². The highest BCUT2D eigenvalue weighted by atomic mass is 32.2. The molecule has 0 aliphatic carbocycles. The van der Waals surface area contributed by atoms with Crippen LogP contribution in [-0.4, -0.2) is 30.0 Å². The van der Waals surface area contributed by atoms with Gasteiger partial charge in [-0.3, -0.25) is 14.7 Å². The highest BCUT2D eigenvalue weighted by molar-refractivity contribution is 8.15. The van der Waals surface area contributed by atoms with Crippen molar-refractivity contribution in [3.8, 4) is 5.75 Å². The van der Waals surface area contributed by atoms with Gasteiger partial charge in [0.05, 0.1) is 18.6 Å². The van der Waals surface area contributed by atoms with Crippen molar-refractivity contribution in [1.29, 1.82) is 0 Å². The van der Waals surface area contributed by atoms with E-state index in [1.807, 2.05) is 38.1 Å². The van der Waals surface area contributed by atoms with Crippen LogP contribution in [0.4, 0.5) is 5.69 Å². The van der Waals surface area contributed by atoms with Gasteiger partial charge in [0.1, 0.15) is 5.75 Å². The van der Waals surface area contributed by atoms with Crippen molar-refractivity contribution in [3.63, 3.8) is 0 Å². The molecule has 0 bridgehead atoms. The lowest BCUT2D eigenvalue weighted by Gasteiger charge is -2.17. The molecule has 18 heavy (non-hydrogen) atoms. The first-order valence-corrected chi connectivity index (χ1v) is 6.78. The molecule has 0 unspecified atom stereocenters. The van der Waals surface area contributed by atoms with Crippen LogP contribution in [0.3, 0.4) is 0 Å². The predicted molar refractivity (Wildman–Crippen MR) is 75.5 cm³/mol. The van der Waals surface area contributed by atoms with Crippen molar-refractivity contribution in [2.45, 2.75) is 19.9 Å². The Balaban J connectivity index is 2.30. The summed E-state index contributed by atoms with van der Waals surface area (Å²) in [5.74, 6) is 1.31. The average Bonchev–Trinajstić information content (AvgIpc) is 2.70. The third-order valence-electron chi connectivity index (χ3n) is 2.46. The van der Waals surface area contributed by atoms with Crippen molar-refractivity contribution in [1.82, 2.24) is 0 Å². The van der Waals surface area contributed by atoms with Crippen LogP contribution < -0.4 is 9.64 Å². The molecule has 1 heterocycles. The van der Waals surface area contributed by atoms with Crippen molar-refractivity contribution in [2.75, 3.05) is 17.8 Å². The van der Waals surface area contributed by atoms with E-state index in [0.29, 0.717) is 5.75 Å². The predicted octanol–water partition coefficient (Wildman–Crippen LogP) is 2.54. The van der Waals surface area contributed by atoms with Crippen LogP contribution in [0.15, 0.2) is 29.3 Å². The summed E-state index contributed by atoms with van der Waals surface area (Å²) in [4.78, 5) is 18.1. The van der Waals surface area contributed by atoms with Gasteiger partial charge < -0.3 is 4.74 Å². The zero-order chi connectivity index (χ0) is 13.1. The molecule has 2 rings (SSSR count). The molecule has 1 fully saturated rings. The number of amides is 1. The molecule has 1 aromatic carbocycles. The Bertz CT molecular complexity index is 468. The number of methoxy groups -OCH3 is 1. The van der Waals surface area contributed by atoms with E-state index in [1.165, 1.54) is 11.8 Å². The topological polar surface area (TPSA) is 41.9 Å². The van der Waals surface area contributed by atoms with Gasteiger partial charge in [-0.2, -0.15) is 0 Å². The maximum Gasteiger partial charge on any atom is 0.243 e. The fraction of sp³-hybridized carbons (Fsp3) is 0.385. The normalized spacial score (nSPS) is 17.9. The van der Waals surface area contributed by atoms with Crippen LogP contribution >= 0.6 is 11.8 Å². The zero-order valence-corrected chi connectivity index (χ0v) is 11.5. The Morgan fingerprint density at radius 2 is 2.00 bits per heavy atom. The van der Waals surface area contributed by atoms with Gasteiger partial charge in [0.2, 0.25) is 5.91 Å². The number of hydrogen-bond donors (Lipinski definition) is 0. The Hall–Kier alpha value is -1.49. The summed E-state index contributed by atoms with van der Waals surface area (Å²) in [5, 5.41) is 0.778. The first-order chi connectivity index (χ1) is 8.61. The molecule has 4 nitrogen and oxygen atoms in total. The number of thioether (sulfide) groups is 1. The summed E-state index contributed by atoms with van der Waals surface area (Å²) in [7, 11) is 1.62. The van der Waals surface area contributed by atoms with Gasteiger partial charge in [0.25, 0.3) is 0 Å². The molecule has 0 N–H and O–H groups in total. The average molecular weight is 264 g/mol. The third kappa shape index (κ3) is 2.67. The van der Waals surface area contributed by atoms with Crippen LogP contribution in [0, 0.1) is 0 Å². The number of benzene rings is 1. The van der Waals surface area contributed by atoms with Crippen LogP contribution in [0.1, 0.15) is 13.8 Å². The molecular formula is C13H16N2O2S. The van der Waals surface area contributed by atoms with Crippen molar-refractivity contribution >= 4 is 28.5 Å². The molecule has 0 saturated carbocycles. The maximum absolute atomic E-state index is 11.9. The third-order valence-corrected chi connectivity index (χ3v) is 3.40. The molecule has 1 aromatic rings. The van der Waals surface area contributed by atoms with Gasteiger partial charge in [-0.1, -0.05) is 11.8 Å². The van der Waals surface area contributed by atoms with Gasteiger partial charge in [-0.15, -0.1) is 0 Å². The minimum Gasteiger partial charge on any atom is -0.497 e. The summed E-state index contributed by atoms with van der Waals surface area (Å²) in [6.45, 7) is 4.01. The summed E-state index contributed by atoms with van der Waals surface area (Å²) in [6.07, 6.45) is 0. The molecule has 1 aliphatic heterocycles. The van der Waals surface area contributed by atoms with Crippen LogP contribution in [0.25, 0.3) is 0 Å². The van der Waals surface area contributed by atoms with Crippen molar-refractivity contribution in [2.24, 2.45) is 4.99 Å². The Morgan fingerprint density at radius 1 is 1.33 bits per heavy atom. The van der Waals surface area contributed by atoms with E-state index in [-0.39, 0.29) is 11.9 Å². The Morgan fingerprint density at radius 3 is 2.56 bits per heavy atom. The van der Waals surface area contributed by atoms with E-state index < -0.39 is 0 Å². The first-order valence-electron chi connectivity index (χ1n) is 5.79. The first kappa shape index (κ1) is 13.0. The van der Waals surface area contributed by atoms with Gasteiger partial charge in [0.15, 0.2) is 5.17 Å². The molecular weight excluding hydrogens is 248 g/mol. The highest BCUT2D eigenvalue weighted by Gasteiger charge is 2.29. The van der Waals surface area contributed by atoms with Gasteiger partial charge in [0, 0.05) is 6.04 Å². The molecule has 0 spiro atoms. The van der Waals surface area contributed by atoms with E-state index in [2.05, 4.69) is 4.99 Å². The minimum absolute atomic E-state index is 0.0737. The summed E-state index contributed by atoms with van der Waals surface area (Å²) < 4.78 is 5.11. The fourth-order valence-electron chi connectivity index (χ4n) is 1.66. The second kappa shape index (κ2) is 5.44. The standard InChI is InChI=1S/C13H16N2O2S/c1-9(2)14-13-15(12(16)8-18-13)10-4-6-11(17-3)7-5-10/h4-7,9H,8H2,1-3H3. The fourth-order valence-corrected chi connectivity index (χ4v) is 2.67. The van der Waals surface area contributed by atoms with Crippen LogP contribution in [0.2, 0.25) is 0 Å². The molecule has 0 aromatic heterocycles. The van der Waals surface area contributed by atoms with Crippen LogP contribution in [0.5, 0.6) is 5.75 Å². The number of rotatable bonds is 3. The number of amidine groups is 1. The van der Waals surface area contributed by atoms with Crippen molar-refractivity contribution < 1.29 is 9.53 Å². The number of nitrogens with zero attached hydrogens (tertiary/aromatic N) is 2.